The van der Waals surface area contributed by atoms with E-state index in [1.807, 2.05) is 39.8 Å². The molecule has 7 heteroatoms. The Hall–Kier alpha value is -2.64. The first-order valence-electron chi connectivity index (χ1n) is 9.69. The number of carbonyl (C=O) groups excluding carboxylic acids is 1. The van der Waals surface area contributed by atoms with Crippen molar-refractivity contribution in [1.29, 1.82) is 0 Å². The van der Waals surface area contributed by atoms with E-state index in [4.69, 9.17) is 4.74 Å². The Morgan fingerprint density at radius 2 is 1.86 bits per heavy atom. The van der Waals surface area contributed by atoms with E-state index in [0.29, 0.717) is 31.5 Å². The molecule has 0 bridgehead atoms. The largest absolute Gasteiger partial charge is 0.378 e. The summed E-state index contributed by atoms with van der Waals surface area (Å²) in [6.07, 6.45) is 1.71. The van der Waals surface area contributed by atoms with Crippen LogP contribution >= 0.6 is 11.8 Å². The molecule has 0 saturated carbocycles. The highest BCUT2D eigenvalue weighted by molar-refractivity contribution is 8.00. The van der Waals surface area contributed by atoms with Gasteiger partial charge < -0.3 is 9.64 Å². The Labute approximate surface area is 174 Å². The molecule has 6 nitrogen and oxygen atoms in total. The van der Waals surface area contributed by atoms with Crippen molar-refractivity contribution in [2.24, 2.45) is 0 Å². The summed E-state index contributed by atoms with van der Waals surface area (Å²) in [4.78, 5) is 15.3. The lowest BCUT2D eigenvalue weighted by atomic mass is 10.1. The molecule has 4 rings (SSSR count). The Bertz CT molecular complexity index is 983. The van der Waals surface area contributed by atoms with Gasteiger partial charge in [-0.3, -0.25) is 9.36 Å². The van der Waals surface area contributed by atoms with Crippen LogP contribution in [-0.2, 0) is 9.53 Å². The van der Waals surface area contributed by atoms with Crippen LogP contribution < -0.4 is 0 Å². The number of nitrogens with zero attached hydrogens (tertiary/aromatic N) is 4. The average Bonchev–Trinajstić information content (AvgIpc) is 3.21. The lowest BCUT2D eigenvalue weighted by Gasteiger charge is -2.30. The van der Waals surface area contributed by atoms with E-state index in [1.54, 1.807) is 6.33 Å². The fourth-order valence-electron chi connectivity index (χ4n) is 3.49. The molecule has 1 aliphatic rings. The van der Waals surface area contributed by atoms with Gasteiger partial charge in [-0.25, -0.2) is 0 Å². The van der Waals surface area contributed by atoms with E-state index in [2.05, 4.69) is 42.2 Å². The van der Waals surface area contributed by atoms with Crippen LogP contribution in [0.4, 0.5) is 0 Å². The van der Waals surface area contributed by atoms with Gasteiger partial charge in [-0.05, 0) is 31.0 Å². The molecule has 2 aromatic carbocycles. The first-order valence-corrected chi connectivity index (χ1v) is 10.6. The van der Waals surface area contributed by atoms with Crippen LogP contribution in [0.2, 0.25) is 0 Å². The molecule has 1 saturated heterocycles. The minimum absolute atomic E-state index is 0.0830. The van der Waals surface area contributed by atoms with Crippen LogP contribution in [0.25, 0.3) is 5.69 Å². The summed E-state index contributed by atoms with van der Waals surface area (Å²) < 4.78 is 7.37. The Morgan fingerprint density at radius 3 is 2.59 bits per heavy atom. The predicted molar refractivity (Wildman–Crippen MR) is 113 cm³/mol. The minimum atomic E-state index is -0.386. The third kappa shape index (κ3) is 4.36. The van der Waals surface area contributed by atoms with E-state index in [0.717, 1.165) is 16.8 Å². The van der Waals surface area contributed by atoms with Crippen molar-refractivity contribution in [2.75, 3.05) is 26.3 Å². The van der Waals surface area contributed by atoms with Crippen molar-refractivity contribution in [3.63, 3.8) is 0 Å². The zero-order valence-electron chi connectivity index (χ0n) is 16.6. The molecule has 0 radical (unpaired) electrons. The molecule has 1 aromatic heterocycles. The molecule has 150 valence electrons. The molecule has 1 fully saturated rings. The second kappa shape index (κ2) is 8.80. The summed E-state index contributed by atoms with van der Waals surface area (Å²) in [6.45, 7) is 6.54. The van der Waals surface area contributed by atoms with Gasteiger partial charge in [0, 0.05) is 13.1 Å². The number of hydrogen-bond donors (Lipinski definition) is 0. The van der Waals surface area contributed by atoms with Crippen molar-refractivity contribution < 1.29 is 9.53 Å². The number of morpholine rings is 1. The van der Waals surface area contributed by atoms with E-state index in [-0.39, 0.29) is 11.2 Å². The Morgan fingerprint density at radius 1 is 1.10 bits per heavy atom. The summed E-state index contributed by atoms with van der Waals surface area (Å²) >= 11 is 1.44. The molecule has 0 N–H and O–H groups in total. The summed E-state index contributed by atoms with van der Waals surface area (Å²) in [6, 6.07) is 16.2. The van der Waals surface area contributed by atoms with Gasteiger partial charge in [0.1, 0.15) is 11.6 Å². The third-order valence-electron chi connectivity index (χ3n) is 5.00. The number of thioether (sulfide) groups is 1. The van der Waals surface area contributed by atoms with Crippen molar-refractivity contribution in [2.45, 2.75) is 24.3 Å². The second-order valence-electron chi connectivity index (χ2n) is 7.12. The summed E-state index contributed by atoms with van der Waals surface area (Å²) in [5.74, 6) is 0.0830. The van der Waals surface area contributed by atoms with E-state index < -0.39 is 0 Å². The highest BCUT2D eigenvalue weighted by atomic mass is 32.2. The van der Waals surface area contributed by atoms with Gasteiger partial charge in [0.2, 0.25) is 5.91 Å². The maximum Gasteiger partial charge on any atom is 0.240 e. The number of ether oxygens (including phenoxy) is 1. The lowest BCUT2D eigenvalue weighted by Crippen LogP contribution is -2.42. The molecule has 29 heavy (non-hydrogen) atoms. The normalized spacial score (nSPS) is 15.3. The van der Waals surface area contributed by atoms with Crippen LogP contribution in [-0.4, -0.2) is 51.9 Å². The third-order valence-corrected chi connectivity index (χ3v) is 6.20. The van der Waals surface area contributed by atoms with Crippen LogP contribution in [0.15, 0.2) is 60.0 Å². The molecule has 0 spiro atoms. The van der Waals surface area contributed by atoms with Crippen molar-refractivity contribution in [3.05, 3.63) is 71.5 Å². The second-order valence-corrected chi connectivity index (χ2v) is 8.19. The quantitative estimate of drug-likeness (QED) is 0.604. The first-order chi connectivity index (χ1) is 14.1. The van der Waals surface area contributed by atoms with E-state index >= 15 is 0 Å². The van der Waals surface area contributed by atoms with E-state index in [9.17, 15) is 4.79 Å². The number of benzene rings is 2. The maximum atomic E-state index is 13.4. The summed E-state index contributed by atoms with van der Waals surface area (Å²) in [7, 11) is 0. The van der Waals surface area contributed by atoms with Crippen molar-refractivity contribution >= 4 is 17.7 Å². The molecular formula is C22H24N4O2S. The lowest BCUT2D eigenvalue weighted by molar-refractivity contribution is -0.134. The molecule has 2 heterocycles. The van der Waals surface area contributed by atoms with Crippen LogP contribution in [0.1, 0.15) is 21.9 Å². The number of rotatable bonds is 5. The fourth-order valence-corrected chi connectivity index (χ4v) is 4.60. The number of amides is 1. The number of aromatic nitrogens is 3. The molecular weight excluding hydrogens is 384 g/mol. The monoisotopic (exact) mass is 408 g/mol. The Kier molecular flexibility index (Phi) is 5.97. The van der Waals surface area contributed by atoms with Gasteiger partial charge in [0.25, 0.3) is 0 Å². The summed E-state index contributed by atoms with van der Waals surface area (Å²) in [5.41, 5.74) is 4.33. The van der Waals surface area contributed by atoms with Gasteiger partial charge in [0.05, 0.1) is 18.9 Å². The van der Waals surface area contributed by atoms with Crippen LogP contribution in [0, 0.1) is 13.8 Å². The zero-order chi connectivity index (χ0) is 20.2. The molecule has 1 atom stereocenters. The van der Waals surface area contributed by atoms with Crippen LogP contribution in [0.3, 0.4) is 0 Å². The molecule has 0 aliphatic carbocycles. The Balaban J connectivity index is 1.67. The standard InChI is InChI=1S/C22H24N4O2S/c1-16-8-9-19(17(2)14-16)26-15-23-24-22(26)29-20(18-6-4-3-5-7-18)21(27)25-10-12-28-13-11-25/h3-9,14-15,20H,10-13H2,1-2H3. The highest BCUT2D eigenvalue weighted by Gasteiger charge is 2.30. The first kappa shape index (κ1) is 19.7. The van der Waals surface area contributed by atoms with Gasteiger partial charge in [-0.2, -0.15) is 0 Å². The van der Waals surface area contributed by atoms with Gasteiger partial charge in [-0.1, -0.05) is 59.8 Å². The number of carbonyl (C=O) groups is 1. The fraction of sp³-hybridized carbons (Fsp3) is 0.318. The SMILES string of the molecule is Cc1ccc(-n2cnnc2SC(C(=O)N2CCOCC2)c2ccccc2)c(C)c1. The van der Waals surface area contributed by atoms with E-state index in [1.165, 1.54) is 17.3 Å². The molecule has 1 aliphatic heterocycles. The summed E-state index contributed by atoms with van der Waals surface area (Å²) in [5, 5.41) is 8.77. The number of aryl methyl sites for hydroxylation is 2. The number of hydrogen-bond acceptors (Lipinski definition) is 5. The predicted octanol–water partition coefficient (Wildman–Crippen LogP) is 3.58. The zero-order valence-corrected chi connectivity index (χ0v) is 17.4. The maximum absolute atomic E-state index is 13.4. The average molecular weight is 409 g/mol. The van der Waals surface area contributed by atoms with Gasteiger partial charge in [0.15, 0.2) is 5.16 Å². The topological polar surface area (TPSA) is 60.2 Å². The molecule has 3 aromatic rings. The molecule has 1 amide bonds. The van der Waals surface area contributed by atoms with Crippen molar-refractivity contribution in [1.82, 2.24) is 19.7 Å². The van der Waals surface area contributed by atoms with Gasteiger partial charge >= 0.3 is 0 Å². The smallest absolute Gasteiger partial charge is 0.240 e. The molecule has 1 unspecified atom stereocenters. The van der Waals surface area contributed by atoms with Gasteiger partial charge in [-0.15, -0.1) is 10.2 Å². The van der Waals surface area contributed by atoms with Crippen LogP contribution in [0.5, 0.6) is 0 Å². The van der Waals surface area contributed by atoms with Crippen molar-refractivity contribution in [3.8, 4) is 5.69 Å². The highest BCUT2D eigenvalue weighted by Crippen LogP contribution is 2.37. The minimum Gasteiger partial charge on any atom is -0.378 e.